The van der Waals surface area contributed by atoms with E-state index in [1.807, 2.05) is 11.8 Å². The molecule has 0 aromatic heterocycles. The van der Waals surface area contributed by atoms with Crippen LogP contribution in [0.2, 0.25) is 0 Å². The summed E-state index contributed by atoms with van der Waals surface area (Å²) in [6.07, 6.45) is 3.39. The number of rotatable bonds is 3. The standard InChI is InChI=1S/C14H26N2O3/c1-11-5-3-4-6-16(11)14(18)9-15-7-12(2)19-13(8-15)10-17/h11-13,17H,3-10H2,1-2H3. The van der Waals surface area contributed by atoms with E-state index in [9.17, 15) is 9.90 Å². The average molecular weight is 270 g/mol. The Morgan fingerprint density at radius 2 is 2.11 bits per heavy atom. The summed E-state index contributed by atoms with van der Waals surface area (Å²) >= 11 is 0. The van der Waals surface area contributed by atoms with Gasteiger partial charge in [-0.05, 0) is 33.1 Å². The number of nitrogens with zero attached hydrogens (tertiary/aromatic N) is 2. The Bertz CT molecular complexity index is 311. The van der Waals surface area contributed by atoms with Crippen molar-refractivity contribution in [3.63, 3.8) is 0 Å². The van der Waals surface area contributed by atoms with Crippen LogP contribution in [-0.2, 0) is 9.53 Å². The molecule has 110 valence electrons. The lowest BCUT2D eigenvalue weighted by Crippen LogP contribution is -2.53. The van der Waals surface area contributed by atoms with Crippen LogP contribution >= 0.6 is 0 Å². The third kappa shape index (κ3) is 3.91. The number of hydrogen-bond acceptors (Lipinski definition) is 4. The molecule has 0 bridgehead atoms. The minimum absolute atomic E-state index is 0.0230. The maximum Gasteiger partial charge on any atom is 0.236 e. The van der Waals surface area contributed by atoms with E-state index in [1.165, 1.54) is 6.42 Å². The van der Waals surface area contributed by atoms with E-state index >= 15 is 0 Å². The van der Waals surface area contributed by atoms with Crippen molar-refractivity contribution < 1.29 is 14.6 Å². The molecule has 3 unspecified atom stereocenters. The number of hydrogen-bond donors (Lipinski definition) is 1. The van der Waals surface area contributed by atoms with Crippen molar-refractivity contribution in [2.45, 2.75) is 51.4 Å². The van der Waals surface area contributed by atoms with Crippen LogP contribution in [0.5, 0.6) is 0 Å². The first-order chi connectivity index (χ1) is 9.10. The zero-order valence-corrected chi connectivity index (χ0v) is 12.0. The largest absolute Gasteiger partial charge is 0.394 e. The summed E-state index contributed by atoms with van der Waals surface area (Å²) in [5.41, 5.74) is 0. The first kappa shape index (κ1) is 14.8. The predicted molar refractivity (Wildman–Crippen MR) is 72.9 cm³/mol. The number of carbonyl (C=O) groups excluding carboxylic acids is 1. The summed E-state index contributed by atoms with van der Waals surface area (Å²) in [4.78, 5) is 16.5. The Morgan fingerprint density at radius 1 is 1.32 bits per heavy atom. The second-order valence-electron chi connectivity index (χ2n) is 5.88. The lowest BCUT2D eigenvalue weighted by Gasteiger charge is -2.38. The fraction of sp³-hybridized carbons (Fsp3) is 0.929. The zero-order chi connectivity index (χ0) is 13.8. The van der Waals surface area contributed by atoms with Gasteiger partial charge in [-0.1, -0.05) is 0 Å². The Hall–Kier alpha value is -0.650. The van der Waals surface area contributed by atoms with Crippen molar-refractivity contribution in [3.8, 4) is 0 Å². The number of amides is 1. The fourth-order valence-electron chi connectivity index (χ4n) is 3.12. The number of aliphatic hydroxyl groups excluding tert-OH is 1. The van der Waals surface area contributed by atoms with Gasteiger partial charge in [0, 0.05) is 25.7 Å². The number of aliphatic hydroxyl groups is 1. The fourth-order valence-corrected chi connectivity index (χ4v) is 3.12. The van der Waals surface area contributed by atoms with Crippen LogP contribution in [0.1, 0.15) is 33.1 Å². The molecule has 0 radical (unpaired) electrons. The topological polar surface area (TPSA) is 53.0 Å². The van der Waals surface area contributed by atoms with Crippen LogP contribution < -0.4 is 0 Å². The number of likely N-dealkylation sites (tertiary alicyclic amines) is 1. The Balaban J connectivity index is 1.87. The van der Waals surface area contributed by atoms with E-state index in [2.05, 4.69) is 11.8 Å². The summed E-state index contributed by atoms with van der Waals surface area (Å²) in [5, 5.41) is 9.20. The van der Waals surface area contributed by atoms with Crippen LogP contribution in [0, 0.1) is 0 Å². The molecule has 2 aliphatic rings. The molecule has 19 heavy (non-hydrogen) atoms. The first-order valence-corrected chi connectivity index (χ1v) is 7.38. The molecule has 0 aromatic rings. The highest BCUT2D eigenvalue weighted by atomic mass is 16.5. The van der Waals surface area contributed by atoms with Crippen LogP contribution in [-0.4, -0.2) is 71.8 Å². The van der Waals surface area contributed by atoms with Crippen molar-refractivity contribution >= 4 is 5.91 Å². The Labute approximate surface area is 115 Å². The summed E-state index contributed by atoms with van der Waals surface area (Å²) in [6.45, 7) is 6.91. The SMILES string of the molecule is CC1CN(CC(=O)N2CCCCC2C)CC(CO)O1. The van der Waals surface area contributed by atoms with Gasteiger partial charge in [0.1, 0.15) is 0 Å². The van der Waals surface area contributed by atoms with Crippen molar-refractivity contribution in [2.24, 2.45) is 0 Å². The highest BCUT2D eigenvalue weighted by Gasteiger charge is 2.29. The van der Waals surface area contributed by atoms with Crippen molar-refractivity contribution in [1.82, 2.24) is 9.80 Å². The van der Waals surface area contributed by atoms with Gasteiger partial charge < -0.3 is 14.7 Å². The molecule has 0 aromatic carbocycles. The molecule has 5 heteroatoms. The molecule has 2 rings (SSSR count). The first-order valence-electron chi connectivity index (χ1n) is 7.38. The minimum Gasteiger partial charge on any atom is -0.394 e. The van der Waals surface area contributed by atoms with Crippen LogP contribution in [0.3, 0.4) is 0 Å². The maximum absolute atomic E-state index is 12.4. The Morgan fingerprint density at radius 3 is 2.79 bits per heavy atom. The predicted octanol–water partition coefficient (Wildman–Crippen LogP) is 0.469. The quantitative estimate of drug-likeness (QED) is 0.810. The normalized spacial score (nSPS) is 33.4. The molecule has 0 saturated carbocycles. The van der Waals surface area contributed by atoms with Crippen molar-refractivity contribution in [1.29, 1.82) is 0 Å². The van der Waals surface area contributed by atoms with Gasteiger partial charge in [-0.25, -0.2) is 0 Å². The number of carbonyl (C=O) groups is 1. The van der Waals surface area contributed by atoms with Gasteiger partial charge in [-0.2, -0.15) is 0 Å². The van der Waals surface area contributed by atoms with E-state index in [1.54, 1.807) is 0 Å². The van der Waals surface area contributed by atoms with E-state index < -0.39 is 0 Å². The smallest absolute Gasteiger partial charge is 0.236 e. The molecule has 1 amide bonds. The molecule has 5 nitrogen and oxygen atoms in total. The molecule has 0 spiro atoms. The molecule has 0 aliphatic carbocycles. The summed E-state index contributed by atoms with van der Waals surface area (Å²) in [5.74, 6) is 0.220. The van der Waals surface area contributed by atoms with Gasteiger partial charge in [-0.15, -0.1) is 0 Å². The average Bonchev–Trinajstić information content (AvgIpc) is 2.38. The van der Waals surface area contributed by atoms with Gasteiger partial charge >= 0.3 is 0 Å². The third-order valence-electron chi connectivity index (χ3n) is 4.09. The van der Waals surface area contributed by atoms with Crippen LogP contribution in [0.25, 0.3) is 0 Å². The number of morpholine rings is 1. The maximum atomic E-state index is 12.4. The molecule has 2 fully saturated rings. The van der Waals surface area contributed by atoms with Gasteiger partial charge in [0.25, 0.3) is 0 Å². The van der Waals surface area contributed by atoms with Crippen molar-refractivity contribution in [2.75, 3.05) is 32.8 Å². The molecule has 2 saturated heterocycles. The van der Waals surface area contributed by atoms with Gasteiger partial charge in [-0.3, -0.25) is 9.69 Å². The summed E-state index contributed by atoms with van der Waals surface area (Å²) < 4.78 is 5.60. The monoisotopic (exact) mass is 270 g/mol. The zero-order valence-electron chi connectivity index (χ0n) is 12.0. The number of piperidine rings is 1. The van der Waals surface area contributed by atoms with Crippen LogP contribution in [0.15, 0.2) is 0 Å². The molecule has 2 aliphatic heterocycles. The lowest BCUT2D eigenvalue weighted by molar-refractivity contribution is -0.140. The van der Waals surface area contributed by atoms with E-state index in [0.29, 0.717) is 19.1 Å². The molecular weight excluding hydrogens is 244 g/mol. The van der Waals surface area contributed by atoms with Gasteiger partial charge in [0.15, 0.2) is 0 Å². The van der Waals surface area contributed by atoms with E-state index in [-0.39, 0.29) is 24.7 Å². The second kappa shape index (κ2) is 6.68. The van der Waals surface area contributed by atoms with Crippen molar-refractivity contribution in [3.05, 3.63) is 0 Å². The molecule has 2 heterocycles. The highest BCUT2D eigenvalue weighted by Crippen LogP contribution is 2.17. The summed E-state index contributed by atoms with van der Waals surface area (Å²) in [6, 6.07) is 0.369. The second-order valence-corrected chi connectivity index (χ2v) is 5.88. The minimum atomic E-state index is -0.157. The molecule has 1 N–H and O–H groups in total. The van der Waals surface area contributed by atoms with Crippen LogP contribution in [0.4, 0.5) is 0 Å². The number of ether oxygens (including phenoxy) is 1. The molecule has 3 atom stereocenters. The lowest BCUT2D eigenvalue weighted by atomic mass is 10.0. The van der Waals surface area contributed by atoms with E-state index in [4.69, 9.17) is 4.74 Å². The van der Waals surface area contributed by atoms with E-state index in [0.717, 1.165) is 25.9 Å². The van der Waals surface area contributed by atoms with Gasteiger partial charge in [0.2, 0.25) is 5.91 Å². The molecular formula is C14H26N2O3. The highest BCUT2D eigenvalue weighted by molar-refractivity contribution is 5.78. The van der Waals surface area contributed by atoms with Gasteiger partial charge in [0.05, 0.1) is 25.4 Å². The third-order valence-corrected chi connectivity index (χ3v) is 4.09. The Kier molecular flexibility index (Phi) is 5.19. The summed E-state index contributed by atoms with van der Waals surface area (Å²) in [7, 11) is 0.